The van der Waals surface area contributed by atoms with Crippen molar-refractivity contribution in [3.05, 3.63) is 64.7 Å². The number of hydrogen-bond donors (Lipinski definition) is 2. The Morgan fingerprint density at radius 3 is 2.76 bits per heavy atom. The van der Waals surface area contributed by atoms with Crippen LogP contribution in [0.5, 0.6) is 0 Å². The van der Waals surface area contributed by atoms with E-state index in [1.807, 2.05) is 24.3 Å². The molecule has 0 radical (unpaired) electrons. The van der Waals surface area contributed by atoms with Crippen LogP contribution in [-0.2, 0) is 5.75 Å². The van der Waals surface area contributed by atoms with Gasteiger partial charge in [-0.3, -0.25) is 4.79 Å². The Bertz CT molecular complexity index is 908. The van der Waals surface area contributed by atoms with Crippen LogP contribution in [0.1, 0.15) is 27.0 Å². The molecule has 128 valence electrons. The average molecular weight is 371 g/mol. The molecule has 2 aromatic carbocycles. The third kappa shape index (κ3) is 4.58. The van der Waals surface area contributed by atoms with E-state index >= 15 is 0 Å². The molecule has 0 aliphatic heterocycles. The fraction of sp³-hybridized carbons (Fsp3) is 0.167. The molecule has 0 fully saturated rings. The molecular formula is C18H18N4OS2. The van der Waals surface area contributed by atoms with E-state index in [1.54, 1.807) is 17.8 Å². The second-order valence-electron chi connectivity index (χ2n) is 5.65. The molecule has 0 spiro atoms. The normalized spacial score (nSPS) is 10.6. The minimum atomic E-state index is -0.414. The third-order valence-electron chi connectivity index (χ3n) is 3.74. The van der Waals surface area contributed by atoms with Gasteiger partial charge in [-0.05, 0) is 54.8 Å². The minimum absolute atomic E-state index is 0.414. The molecule has 3 rings (SSSR count). The maximum absolute atomic E-state index is 11.2. The number of anilines is 2. The second kappa shape index (κ2) is 7.67. The summed E-state index contributed by atoms with van der Waals surface area (Å²) < 4.78 is 0.871. The highest BCUT2D eigenvalue weighted by atomic mass is 32.2. The molecule has 0 unspecified atom stereocenters. The number of carbonyl (C=O) groups is 1. The van der Waals surface area contributed by atoms with Gasteiger partial charge in [0.25, 0.3) is 0 Å². The molecule has 0 aliphatic rings. The van der Waals surface area contributed by atoms with Crippen molar-refractivity contribution in [1.82, 2.24) is 10.2 Å². The van der Waals surface area contributed by atoms with Crippen LogP contribution < -0.4 is 11.1 Å². The summed E-state index contributed by atoms with van der Waals surface area (Å²) in [5, 5.41) is 12.4. The molecule has 1 amide bonds. The molecule has 25 heavy (non-hydrogen) atoms. The van der Waals surface area contributed by atoms with Crippen LogP contribution in [0.2, 0.25) is 0 Å². The van der Waals surface area contributed by atoms with Crippen molar-refractivity contribution in [2.75, 3.05) is 5.32 Å². The molecule has 0 saturated carbocycles. The van der Waals surface area contributed by atoms with Crippen LogP contribution in [0.25, 0.3) is 0 Å². The number of hydrogen-bond acceptors (Lipinski definition) is 6. The van der Waals surface area contributed by atoms with Gasteiger partial charge in [-0.25, -0.2) is 0 Å². The first-order chi connectivity index (χ1) is 12.0. The number of nitrogens with two attached hydrogens (primary N) is 1. The molecule has 3 N–H and O–H groups in total. The van der Waals surface area contributed by atoms with Gasteiger partial charge in [-0.2, -0.15) is 0 Å². The fourth-order valence-corrected chi connectivity index (χ4v) is 3.94. The molecule has 5 nitrogen and oxygen atoms in total. The molecule has 1 aromatic heterocycles. The highest BCUT2D eigenvalue weighted by Crippen LogP contribution is 2.30. The third-order valence-corrected chi connectivity index (χ3v) is 5.78. The first-order valence-electron chi connectivity index (χ1n) is 7.70. The smallest absolute Gasteiger partial charge is 0.248 e. The van der Waals surface area contributed by atoms with Crippen LogP contribution in [-0.4, -0.2) is 16.1 Å². The van der Waals surface area contributed by atoms with E-state index in [-0.39, 0.29) is 0 Å². The van der Waals surface area contributed by atoms with Crippen molar-refractivity contribution >= 4 is 39.8 Å². The molecule has 3 aromatic rings. The Labute approximate surface area is 154 Å². The number of rotatable bonds is 6. The Morgan fingerprint density at radius 1 is 1.16 bits per heavy atom. The van der Waals surface area contributed by atoms with E-state index in [0.717, 1.165) is 20.7 Å². The Kier molecular flexibility index (Phi) is 5.35. The van der Waals surface area contributed by atoms with Crippen molar-refractivity contribution < 1.29 is 4.79 Å². The Hall–Kier alpha value is -2.38. The van der Waals surface area contributed by atoms with Gasteiger partial charge >= 0.3 is 0 Å². The maximum atomic E-state index is 11.2. The first kappa shape index (κ1) is 17.4. The molecule has 0 saturated heterocycles. The zero-order valence-corrected chi connectivity index (χ0v) is 15.6. The summed E-state index contributed by atoms with van der Waals surface area (Å²) in [5.74, 6) is 0.294. The lowest BCUT2D eigenvalue weighted by molar-refractivity contribution is 0.1000. The van der Waals surface area contributed by atoms with Crippen LogP contribution >= 0.6 is 23.1 Å². The van der Waals surface area contributed by atoms with Crippen molar-refractivity contribution in [2.24, 2.45) is 5.73 Å². The minimum Gasteiger partial charge on any atom is -0.366 e. The molecule has 7 heteroatoms. The van der Waals surface area contributed by atoms with Gasteiger partial charge in [-0.15, -0.1) is 10.2 Å². The van der Waals surface area contributed by atoms with E-state index in [4.69, 9.17) is 5.73 Å². The predicted molar refractivity (Wildman–Crippen MR) is 104 cm³/mol. The van der Waals surface area contributed by atoms with Crippen molar-refractivity contribution in [1.29, 1.82) is 0 Å². The molecule has 0 atom stereocenters. The highest BCUT2D eigenvalue weighted by Gasteiger charge is 2.07. The summed E-state index contributed by atoms with van der Waals surface area (Å²) in [6.07, 6.45) is 0. The quantitative estimate of drug-likeness (QED) is 0.633. The number of carbonyl (C=O) groups excluding carboxylic acids is 1. The van der Waals surface area contributed by atoms with E-state index in [0.29, 0.717) is 11.3 Å². The summed E-state index contributed by atoms with van der Waals surface area (Å²) in [7, 11) is 0. The number of nitrogens with zero attached hydrogens (tertiary/aromatic N) is 2. The van der Waals surface area contributed by atoms with E-state index in [9.17, 15) is 4.79 Å². The molecule has 1 heterocycles. The van der Waals surface area contributed by atoms with E-state index < -0.39 is 5.91 Å². The van der Waals surface area contributed by atoms with Gasteiger partial charge in [-0.1, -0.05) is 41.3 Å². The standard InChI is InChI=1S/C18H18N4OS2/c1-11-6-7-15(8-12(11)2)20-17-21-22-18(25-17)24-10-13-4-3-5-14(9-13)16(19)23/h3-9H,10H2,1-2H3,(H2,19,23)(H,20,21). The second-order valence-corrected chi connectivity index (χ2v) is 7.85. The lowest BCUT2D eigenvalue weighted by Crippen LogP contribution is -2.10. The van der Waals surface area contributed by atoms with Gasteiger partial charge in [0.05, 0.1) is 0 Å². The number of aromatic nitrogens is 2. The summed E-state index contributed by atoms with van der Waals surface area (Å²) in [5.41, 5.74) is 10.4. The first-order valence-corrected chi connectivity index (χ1v) is 9.51. The highest BCUT2D eigenvalue weighted by molar-refractivity contribution is 8.00. The molecule has 0 aliphatic carbocycles. The van der Waals surface area contributed by atoms with Crippen molar-refractivity contribution in [2.45, 2.75) is 23.9 Å². The predicted octanol–water partition coefficient (Wildman–Crippen LogP) is 4.29. The number of primary amides is 1. The monoisotopic (exact) mass is 370 g/mol. The number of aryl methyl sites for hydroxylation is 2. The van der Waals surface area contributed by atoms with Gasteiger partial charge in [0, 0.05) is 17.0 Å². The molecular weight excluding hydrogens is 352 g/mol. The Morgan fingerprint density at radius 2 is 2.00 bits per heavy atom. The summed E-state index contributed by atoms with van der Waals surface area (Å²) in [6, 6.07) is 13.5. The van der Waals surface area contributed by atoms with E-state index in [2.05, 4.69) is 41.5 Å². The van der Waals surface area contributed by atoms with Gasteiger partial charge in [0.15, 0.2) is 4.34 Å². The summed E-state index contributed by atoms with van der Waals surface area (Å²) in [4.78, 5) is 11.2. The number of thioether (sulfide) groups is 1. The van der Waals surface area contributed by atoms with Crippen LogP contribution in [0.4, 0.5) is 10.8 Å². The zero-order valence-electron chi connectivity index (χ0n) is 13.9. The van der Waals surface area contributed by atoms with Gasteiger partial charge in [0.2, 0.25) is 11.0 Å². The average Bonchev–Trinajstić information content (AvgIpc) is 3.04. The Balaban J connectivity index is 1.62. The largest absolute Gasteiger partial charge is 0.366 e. The zero-order chi connectivity index (χ0) is 17.8. The molecule has 0 bridgehead atoms. The van der Waals surface area contributed by atoms with Crippen LogP contribution in [0.3, 0.4) is 0 Å². The number of amides is 1. The summed E-state index contributed by atoms with van der Waals surface area (Å²) >= 11 is 3.09. The fourth-order valence-electron chi connectivity index (χ4n) is 2.22. The van der Waals surface area contributed by atoms with Crippen molar-refractivity contribution in [3.8, 4) is 0 Å². The summed E-state index contributed by atoms with van der Waals surface area (Å²) in [6.45, 7) is 4.17. The van der Waals surface area contributed by atoms with Gasteiger partial charge < -0.3 is 11.1 Å². The van der Waals surface area contributed by atoms with Gasteiger partial charge in [0.1, 0.15) is 0 Å². The SMILES string of the molecule is Cc1ccc(Nc2nnc(SCc3cccc(C(N)=O)c3)s2)cc1C. The van der Waals surface area contributed by atoms with Crippen molar-refractivity contribution in [3.63, 3.8) is 0 Å². The number of benzene rings is 2. The number of nitrogens with one attached hydrogen (secondary N) is 1. The topological polar surface area (TPSA) is 80.9 Å². The lowest BCUT2D eigenvalue weighted by Gasteiger charge is -2.05. The van der Waals surface area contributed by atoms with Crippen LogP contribution in [0, 0.1) is 13.8 Å². The lowest BCUT2D eigenvalue weighted by atomic mass is 10.1. The van der Waals surface area contributed by atoms with E-state index in [1.165, 1.54) is 22.5 Å². The maximum Gasteiger partial charge on any atom is 0.248 e. The van der Waals surface area contributed by atoms with Crippen LogP contribution in [0.15, 0.2) is 46.8 Å².